The van der Waals surface area contributed by atoms with Crippen LogP contribution < -0.4 is 5.32 Å². The van der Waals surface area contributed by atoms with Crippen LogP contribution in [0.25, 0.3) is 0 Å². The van der Waals surface area contributed by atoms with Crippen LogP contribution in [0.3, 0.4) is 0 Å². The number of thioether (sulfide) groups is 1. The summed E-state index contributed by atoms with van der Waals surface area (Å²) >= 11 is 1.96. The summed E-state index contributed by atoms with van der Waals surface area (Å²) in [7, 11) is 0. The molecule has 0 bridgehead atoms. The number of hydrogen-bond donors (Lipinski definition) is 1. The van der Waals surface area contributed by atoms with E-state index in [4.69, 9.17) is 0 Å². The van der Waals surface area contributed by atoms with E-state index >= 15 is 0 Å². The standard InChI is InChI=1S/C17H25NS/c1-2-13-19-14-12-18-17-10-8-16(9-11-17)15-6-4-3-5-7-15/h2-7,16-18H,1,8-14H2. The summed E-state index contributed by atoms with van der Waals surface area (Å²) < 4.78 is 0. The van der Waals surface area contributed by atoms with Gasteiger partial charge in [-0.1, -0.05) is 36.4 Å². The Morgan fingerprint density at radius 3 is 2.58 bits per heavy atom. The lowest BCUT2D eigenvalue weighted by Crippen LogP contribution is -2.34. The van der Waals surface area contributed by atoms with Crippen molar-refractivity contribution in [3.63, 3.8) is 0 Å². The summed E-state index contributed by atoms with van der Waals surface area (Å²) in [4.78, 5) is 0. The molecule has 104 valence electrons. The van der Waals surface area contributed by atoms with E-state index in [2.05, 4.69) is 42.2 Å². The van der Waals surface area contributed by atoms with Crippen LogP contribution in [-0.4, -0.2) is 24.1 Å². The fraction of sp³-hybridized carbons (Fsp3) is 0.529. The zero-order valence-electron chi connectivity index (χ0n) is 11.7. The van der Waals surface area contributed by atoms with E-state index in [1.807, 2.05) is 17.8 Å². The molecule has 19 heavy (non-hydrogen) atoms. The van der Waals surface area contributed by atoms with Gasteiger partial charge in [-0.05, 0) is 37.2 Å². The van der Waals surface area contributed by atoms with Crippen molar-refractivity contribution in [2.45, 2.75) is 37.6 Å². The van der Waals surface area contributed by atoms with Crippen molar-refractivity contribution in [3.8, 4) is 0 Å². The van der Waals surface area contributed by atoms with Crippen LogP contribution in [0.1, 0.15) is 37.2 Å². The van der Waals surface area contributed by atoms with Gasteiger partial charge < -0.3 is 5.32 Å². The molecule has 0 spiro atoms. The van der Waals surface area contributed by atoms with Crippen LogP contribution in [-0.2, 0) is 0 Å². The number of nitrogens with one attached hydrogen (secondary N) is 1. The van der Waals surface area contributed by atoms with Crippen LogP contribution in [0.2, 0.25) is 0 Å². The highest BCUT2D eigenvalue weighted by molar-refractivity contribution is 7.99. The molecule has 1 aromatic carbocycles. The molecule has 2 heteroatoms. The molecule has 1 aliphatic carbocycles. The minimum Gasteiger partial charge on any atom is -0.313 e. The summed E-state index contributed by atoms with van der Waals surface area (Å²) in [5, 5.41) is 3.70. The maximum absolute atomic E-state index is 3.74. The number of benzene rings is 1. The third kappa shape index (κ3) is 5.04. The van der Waals surface area contributed by atoms with Crippen molar-refractivity contribution in [1.82, 2.24) is 5.32 Å². The first-order chi connectivity index (χ1) is 9.40. The average molecular weight is 275 g/mol. The van der Waals surface area contributed by atoms with Crippen LogP contribution in [0.15, 0.2) is 43.0 Å². The second-order valence-electron chi connectivity index (χ2n) is 5.28. The summed E-state index contributed by atoms with van der Waals surface area (Å²) in [5.41, 5.74) is 1.53. The lowest BCUT2D eigenvalue weighted by Gasteiger charge is -2.29. The first-order valence-corrected chi connectivity index (χ1v) is 8.52. The summed E-state index contributed by atoms with van der Waals surface area (Å²) in [6.45, 7) is 4.88. The molecule has 0 heterocycles. The zero-order valence-corrected chi connectivity index (χ0v) is 12.5. The van der Waals surface area contributed by atoms with Crippen molar-refractivity contribution in [2.75, 3.05) is 18.1 Å². The predicted molar refractivity (Wildman–Crippen MR) is 87.0 cm³/mol. The Kier molecular flexibility index (Phi) is 6.52. The van der Waals surface area contributed by atoms with Crippen LogP contribution >= 0.6 is 11.8 Å². The molecule has 0 atom stereocenters. The molecule has 1 fully saturated rings. The molecule has 1 aliphatic rings. The van der Waals surface area contributed by atoms with Gasteiger partial charge in [0.1, 0.15) is 0 Å². The second kappa shape index (κ2) is 8.44. The SMILES string of the molecule is C=CCSCCNC1CCC(c2ccccc2)CC1. The van der Waals surface area contributed by atoms with Gasteiger partial charge in [0.05, 0.1) is 0 Å². The van der Waals surface area contributed by atoms with Gasteiger partial charge >= 0.3 is 0 Å². The van der Waals surface area contributed by atoms with Gasteiger partial charge in [-0.2, -0.15) is 11.8 Å². The first kappa shape index (κ1) is 14.7. The second-order valence-corrected chi connectivity index (χ2v) is 6.43. The summed E-state index contributed by atoms with van der Waals surface area (Å²) in [6.07, 6.45) is 7.30. The van der Waals surface area contributed by atoms with Gasteiger partial charge in [0, 0.05) is 24.1 Å². The highest BCUT2D eigenvalue weighted by Gasteiger charge is 2.21. The number of rotatable bonds is 7. The minimum atomic E-state index is 0.740. The lowest BCUT2D eigenvalue weighted by molar-refractivity contribution is 0.348. The van der Waals surface area contributed by atoms with Crippen LogP contribution in [0, 0.1) is 0 Å². The Bertz CT molecular complexity index is 355. The quantitative estimate of drug-likeness (QED) is 0.590. The minimum absolute atomic E-state index is 0.740. The maximum atomic E-state index is 3.74. The summed E-state index contributed by atoms with van der Waals surface area (Å²) in [5.74, 6) is 3.06. The molecule has 0 radical (unpaired) electrons. The molecule has 0 saturated heterocycles. The van der Waals surface area contributed by atoms with Gasteiger partial charge in [-0.15, -0.1) is 6.58 Å². The molecule has 1 saturated carbocycles. The van der Waals surface area contributed by atoms with Crippen molar-refractivity contribution in [2.24, 2.45) is 0 Å². The maximum Gasteiger partial charge on any atom is 0.0111 e. The Balaban J connectivity index is 1.64. The van der Waals surface area contributed by atoms with E-state index in [9.17, 15) is 0 Å². The number of hydrogen-bond acceptors (Lipinski definition) is 2. The molecular formula is C17H25NS. The highest BCUT2D eigenvalue weighted by Crippen LogP contribution is 2.32. The zero-order chi connectivity index (χ0) is 13.3. The Hall–Kier alpha value is -0.730. The molecule has 1 nitrogen and oxygen atoms in total. The molecule has 0 amide bonds. The smallest absolute Gasteiger partial charge is 0.0111 e. The predicted octanol–water partition coefficient (Wildman–Crippen LogP) is 4.22. The fourth-order valence-electron chi connectivity index (χ4n) is 2.86. The molecule has 2 rings (SSSR count). The molecule has 0 unspecified atom stereocenters. The van der Waals surface area contributed by atoms with Gasteiger partial charge in [-0.3, -0.25) is 0 Å². The van der Waals surface area contributed by atoms with Crippen LogP contribution in [0.4, 0.5) is 0 Å². The molecular weight excluding hydrogens is 250 g/mol. The highest BCUT2D eigenvalue weighted by atomic mass is 32.2. The third-order valence-corrected chi connectivity index (χ3v) is 4.88. The van der Waals surface area contributed by atoms with Gasteiger partial charge in [-0.25, -0.2) is 0 Å². The van der Waals surface area contributed by atoms with E-state index in [-0.39, 0.29) is 0 Å². The molecule has 1 N–H and O–H groups in total. The summed E-state index contributed by atoms with van der Waals surface area (Å²) in [6, 6.07) is 11.7. The van der Waals surface area contributed by atoms with E-state index in [1.165, 1.54) is 37.0 Å². The van der Waals surface area contributed by atoms with Crippen molar-refractivity contribution >= 4 is 11.8 Å². The molecule has 0 aliphatic heterocycles. The monoisotopic (exact) mass is 275 g/mol. The van der Waals surface area contributed by atoms with Crippen molar-refractivity contribution in [3.05, 3.63) is 48.6 Å². The van der Waals surface area contributed by atoms with Crippen molar-refractivity contribution < 1.29 is 0 Å². The Morgan fingerprint density at radius 1 is 1.16 bits per heavy atom. The molecule has 0 aromatic heterocycles. The van der Waals surface area contributed by atoms with E-state index in [0.29, 0.717) is 0 Å². The molecule has 1 aromatic rings. The van der Waals surface area contributed by atoms with Gasteiger partial charge in [0.25, 0.3) is 0 Å². The topological polar surface area (TPSA) is 12.0 Å². The van der Waals surface area contributed by atoms with E-state index in [1.54, 1.807) is 0 Å². The van der Waals surface area contributed by atoms with Gasteiger partial charge in [0.15, 0.2) is 0 Å². The fourth-order valence-corrected chi connectivity index (χ4v) is 3.45. The van der Waals surface area contributed by atoms with E-state index < -0.39 is 0 Å². The van der Waals surface area contributed by atoms with Gasteiger partial charge in [0.2, 0.25) is 0 Å². The normalized spacial score (nSPS) is 23.2. The van der Waals surface area contributed by atoms with Crippen molar-refractivity contribution in [1.29, 1.82) is 0 Å². The first-order valence-electron chi connectivity index (χ1n) is 7.37. The Morgan fingerprint density at radius 2 is 1.89 bits per heavy atom. The Labute approximate surface area is 121 Å². The van der Waals surface area contributed by atoms with Crippen LogP contribution in [0.5, 0.6) is 0 Å². The average Bonchev–Trinajstić information content (AvgIpc) is 2.49. The lowest BCUT2D eigenvalue weighted by atomic mass is 9.82. The third-order valence-electron chi connectivity index (χ3n) is 3.91. The van der Waals surface area contributed by atoms with E-state index in [0.717, 1.165) is 24.3 Å². The largest absolute Gasteiger partial charge is 0.313 e.